The van der Waals surface area contributed by atoms with Crippen LogP contribution in [-0.4, -0.2) is 41.1 Å². The van der Waals surface area contributed by atoms with Crippen LogP contribution in [0.25, 0.3) is 5.57 Å². The molecule has 1 aliphatic carbocycles. The van der Waals surface area contributed by atoms with E-state index < -0.39 is 0 Å². The number of carbonyl (C=O) groups is 1. The predicted molar refractivity (Wildman–Crippen MR) is 140 cm³/mol. The molecular weight excluding hydrogens is 452 g/mol. The zero-order chi connectivity index (χ0) is 23.8. The zero-order valence-electron chi connectivity index (χ0n) is 20.0. The van der Waals surface area contributed by atoms with E-state index in [1.165, 1.54) is 0 Å². The first kappa shape index (κ1) is 25.8. The number of aryl methyl sites for hydroxylation is 1. The van der Waals surface area contributed by atoms with E-state index in [0.717, 1.165) is 70.5 Å². The average Bonchev–Trinajstić information content (AvgIpc) is 3.23. The Kier molecular flexibility index (Phi) is 9.84. The number of halogens is 1. The monoisotopic (exact) mass is 486 g/mol. The van der Waals surface area contributed by atoms with E-state index in [9.17, 15) is 9.59 Å². The maximum absolute atomic E-state index is 12.5. The largest absolute Gasteiger partial charge is 0.322 e. The molecule has 6 heteroatoms. The van der Waals surface area contributed by atoms with Gasteiger partial charge in [0.05, 0.1) is 5.02 Å². The second-order valence-corrected chi connectivity index (χ2v) is 10.1. The Morgan fingerprint density at radius 2 is 1.97 bits per heavy atom. The first-order valence-corrected chi connectivity index (χ1v) is 13.4. The van der Waals surface area contributed by atoms with Gasteiger partial charge in [0, 0.05) is 34.6 Å². The highest BCUT2D eigenvalue weighted by Crippen LogP contribution is 2.34. The normalized spacial score (nSPS) is 16.7. The number of nitrogens with zero attached hydrogens (tertiary/aromatic N) is 1. The molecule has 0 spiro atoms. The Hall–Kier alpha value is -1.82. The summed E-state index contributed by atoms with van der Waals surface area (Å²) < 4.78 is 0. The summed E-state index contributed by atoms with van der Waals surface area (Å²) in [5, 5.41) is 0.723. The van der Waals surface area contributed by atoms with E-state index in [1.54, 1.807) is 11.8 Å². The van der Waals surface area contributed by atoms with Gasteiger partial charge >= 0.3 is 0 Å². The summed E-state index contributed by atoms with van der Waals surface area (Å²) in [6.07, 6.45) is 6.00. The fraction of sp³-hybridized carbons (Fsp3) is 0.481. The molecule has 3 rings (SSSR count). The highest BCUT2D eigenvalue weighted by atomic mass is 35.5. The minimum atomic E-state index is -0.0603. The average molecular weight is 487 g/mol. The van der Waals surface area contributed by atoms with Crippen molar-refractivity contribution in [2.45, 2.75) is 57.8 Å². The number of pyridine rings is 1. The van der Waals surface area contributed by atoms with Crippen LogP contribution in [0.5, 0.6) is 0 Å². The number of ketones is 1. The van der Waals surface area contributed by atoms with E-state index >= 15 is 0 Å². The summed E-state index contributed by atoms with van der Waals surface area (Å²) in [6.45, 7) is 9.64. The zero-order valence-corrected chi connectivity index (χ0v) is 21.5. The van der Waals surface area contributed by atoms with Crippen molar-refractivity contribution in [2.75, 3.05) is 25.4 Å². The van der Waals surface area contributed by atoms with Crippen LogP contribution in [-0.2, 0) is 11.2 Å². The number of H-pyrrole nitrogens is 1. The van der Waals surface area contributed by atoms with Crippen molar-refractivity contribution in [1.29, 1.82) is 0 Å². The summed E-state index contributed by atoms with van der Waals surface area (Å²) >= 11 is 8.48. The van der Waals surface area contributed by atoms with Crippen LogP contribution in [0.4, 0.5) is 0 Å². The topological polar surface area (TPSA) is 53.2 Å². The summed E-state index contributed by atoms with van der Waals surface area (Å²) in [4.78, 5) is 30.9. The number of benzene rings is 1. The van der Waals surface area contributed by atoms with E-state index in [4.69, 9.17) is 11.6 Å². The number of thioether (sulfide) groups is 1. The Morgan fingerprint density at radius 1 is 1.18 bits per heavy atom. The molecule has 1 heterocycles. The van der Waals surface area contributed by atoms with Crippen molar-refractivity contribution in [2.24, 2.45) is 5.92 Å². The molecule has 1 atom stereocenters. The molecule has 0 saturated heterocycles. The third-order valence-electron chi connectivity index (χ3n) is 6.36. The number of nitrogens with one attached hydrogen (secondary N) is 1. The number of hydrogen-bond donors (Lipinski definition) is 1. The van der Waals surface area contributed by atoms with Gasteiger partial charge in [-0.3, -0.25) is 9.59 Å². The minimum absolute atomic E-state index is 0.0603. The number of aromatic nitrogens is 1. The van der Waals surface area contributed by atoms with Gasteiger partial charge in [-0.1, -0.05) is 50.6 Å². The molecule has 1 N–H and O–H groups in total. The van der Waals surface area contributed by atoms with Gasteiger partial charge < -0.3 is 9.88 Å². The third-order valence-corrected chi connectivity index (χ3v) is 7.95. The van der Waals surface area contributed by atoms with Crippen LogP contribution in [0.2, 0.25) is 5.02 Å². The van der Waals surface area contributed by atoms with Crippen molar-refractivity contribution in [3.63, 3.8) is 0 Å². The van der Waals surface area contributed by atoms with Crippen molar-refractivity contribution < 1.29 is 4.79 Å². The fourth-order valence-electron chi connectivity index (χ4n) is 4.30. The molecule has 0 amide bonds. The quantitative estimate of drug-likeness (QED) is 0.303. The molecule has 178 valence electrons. The molecule has 0 unspecified atom stereocenters. The molecule has 0 bridgehead atoms. The van der Waals surface area contributed by atoms with Gasteiger partial charge in [0.15, 0.2) is 0 Å². The number of carbonyl (C=O) groups excluding carboxylic acids is 1. The molecule has 2 aromatic rings. The Morgan fingerprint density at radius 3 is 2.58 bits per heavy atom. The molecule has 1 aromatic carbocycles. The summed E-state index contributed by atoms with van der Waals surface area (Å²) in [5.41, 5.74) is 3.38. The van der Waals surface area contributed by atoms with Crippen LogP contribution in [0, 0.1) is 5.92 Å². The highest BCUT2D eigenvalue weighted by Gasteiger charge is 2.22. The lowest BCUT2D eigenvalue weighted by Crippen LogP contribution is -2.24. The molecule has 1 aliphatic rings. The fourth-order valence-corrected chi connectivity index (χ4v) is 5.50. The molecule has 0 radical (unpaired) electrons. The van der Waals surface area contributed by atoms with E-state index in [-0.39, 0.29) is 11.5 Å². The van der Waals surface area contributed by atoms with Crippen LogP contribution in [0.1, 0.15) is 63.3 Å². The summed E-state index contributed by atoms with van der Waals surface area (Å²) in [5.74, 6) is 1.52. The minimum Gasteiger partial charge on any atom is -0.322 e. The van der Waals surface area contributed by atoms with Gasteiger partial charge in [0.1, 0.15) is 5.78 Å². The highest BCUT2D eigenvalue weighted by molar-refractivity contribution is 7.99. The SMILES string of the molecule is CCc1ccc(/C(=C/[C@H]2CCC(=O)C2)c2ccc(SCCCN(CC)CC)c(Cl)c2)[nH]c1=O. The summed E-state index contributed by atoms with van der Waals surface area (Å²) in [7, 11) is 0. The number of allylic oxidation sites excluding steroid dienone is 1. The van der Waals surface area contributed by atoms with Gasteiger partial charge in [0.25, 0.3) is 5.56 Å². The smallest absolute Gasteiger partial charge is 0.251 e. The van der Waals surface area contributed by atoms with E-state index in [2.05, 4.69) is 41.9 Å². The maximum Gasteiger partial charge on any atom is 0.251 e. The molecule has 0 aliphatic heterocycles. The molecule has 33 heavy (non-hydrogen) atoms. The molecular formula is C27H35ClN2O2S. The van der Waals surface area contributed by atoms with Crippen molar-refractivity contribution >= 4 is 34.7 Å². The first-order valence-electron chi connectivity index (χ1n) is 12.1. The van der Waals surface area contributed by atoms with Crippen LogP contribution in [0.3, 0.4) is 0 Å². The predicted octanol–water partition coefficient (Wildman–Crippen LogP) is 6.22. The number of Topliss-reactive ketones (excluding diaryl/α,β-unsaturated/α-hetero) is 1. The standard InChI is InChI=1S/C27H35ClN2O2S/c1-4-20-9-12-25(29-27(20)32)23(17-19-8-11-22(31)16-19)21-10-13-26(24(28)18-21)33-15-7-14-30(5-2)6-3/h9-10,12-13,17-19H,4-8,11,14-16H2,1-3H3,(H,29,32)/b23-17+/t19-/m0/s1. The lowest BCUT2D eigenvalue weighted by molar-refractivity contribution is -0.117. The van der Waals surface area contributed by atoms with Crippen LogP contribution in [0.15, 0.2) is 46.1 Å². The van der Waals surface area contributed by atoms with Gasteiger partial charge in [-0.15, -0.1) is 11.8 Å². The van der Waals surface area contributed by atoms with Gasteiger partial charge in [0.2, 0.25) is 0 Å². The maximum atomic E-state index is 12.5. The number of aromatic amines is 1. The van der Waals surface area contributed by atoms with Crippen molar-refractivity contribution in [1.82, 2.24) is 9.88 Å². The van der Waals surface area contributed by atoms with Crippen LogP contribution >= 0.6 is 23.4 Å². The lowest BCUT2D eigenvalue weighted by atomic mass is 9.95. The lowest BCUT2D eigenvalue weighted by Gasteiger charge is -2.17. The van der Waals surface area contributed by atoms with Gasteiger partial charge in [-0.2, -0.15) is 0 Å². The second-order valence-electron chi connectivity index (χ2n) is 8.58. The first-order chi connectivity index (χ1) is 15.9. The van der Waals surface area contributed by atoms with Crippen LogP contribution < -0.4 is 5.56 Å². The molecule has 4 nitrogen and oxygen atoms in total. The van der Waals surface area contributed by atoms with E-state index in [1.807, 2.05) is 25.1 Å². The third kappa shape index (κ3) is 7.08. The summed E-state index contributed by atoms with van der Waals surface area (Å²) in [6, 6.07) is 10.00. The number of rotatable bonds is 11. The van der Waals surface area contributed by atoms with Crippen molar-refractivity contribution in [3.05, 3.63) is 68.6 Å². The Balaban J connectivity index is 1.82. The molecule has 1 aromatic heterocycles. The van der Waals surface area contributed by atoms with Crippen molar-refractivity contribution in [3.8, 4) is 0 Å². The molecule has 1 fully saturated rings. The Bertz CT molecular complexity index is 1040. The van der Waals surface area contributed by atoms with Gasteiger partial charge in [-0.25, -0.2) is 0 Å². The van der Waals surface area contributed by atoms with Gasteiger partial charge in [-0.05, 0) is 74.3 Å². The molecule has 1 saturated carbocycles. The number of hydrogen-bond acceptors (Lipinski definition) is 4. The Labute approximate surface area is 206 Å². The second kappa shape index (κ2) is 12.6. The van der Waals surface area contributed by atoms with E-state index in [0.29, 0.717) is 25.0 Å².